The fraction of sp³-hybridized carbons (Fsp3) is 0.300. The molecule has 0 aliphatic carbocycles. The van der Waals surface area contributed by atoms with E-state index in [1.807, 2.05) is 6.07 Å². The summed E-state index contributed by atoms with van der Waals surface area (Å²) >= 11 is 2.58. The summed E-state index contributed by atoms with van der Waals surface area (Å²) in [6, 6.07) is 4.87. The molecule has 1 aromatic rings. The molecule has 0 aromatic carbocycles. The molecule has 4 nitrogen and oxygen atoms in total. The van der Waals surface area contributed by atoms with Gasteiger partial charge in [-0.3, -0.25) is 0 Å². The van der Waals surface area contributed by atoms with Crippen molar-refractivity contribution < 1.29 is 8.42 Å². The number of hydrogen-bond acceptors (Lipinski definition) is 5. The molecule has 0 radical (unpaired) electrons. The van der Waals surface area contributed by atoms with E-state index in [2.05, 4.69) is 11.3 Å². The van der Waals surface area contributed by atoms with Crippen LogP contribution in [0.25, 0.3) is 0 Å². The minimum Gasteiger partial charge on any atom is -0.210 e. The van der Waals surface area contributed by atoms with Gasteiger partial charge in [-0.1, -0.05) is 6.08 Å². The summed E-state index contributed by atoms with van der Waals surface area (Å²) in [5.74, 6) is 1.50. The smallest absolute Gasteiger partial charge is 0.210 e. The highest BCUT2D eigenvalue weighted by Gasteiger charge is 2.15. The van der Waals surface area contributed by atoms with Crippen LogP contribution >= 0.6 is 23.1 Å². The van der Waals surface area contributed by atoms with Crippen molar-refractivity contribution in [1.29, 1.82) is 5.26 Å². The zero-order chi connectivity index (χ0) is 12.7. The average molecular weight is 288 g/mol. The molecule has 0 bridgehead atoms. The number of nitrogens with one attached hydrogen (secondary N) is 1. The van der Waals surface area contributed by atoms with Crippen LogP contribution in [0.4, 0.5) is 0 Å². The minimum absolute atomic E-state index is 0.183. The van der Waals surface area contributed by atoms with Crippen LogP contribution in [0, 0.1) is 11.3 Å². The second-order valence-electron chi connectivity index (χ2n) is 2.99. The molecule has 0 amide bonds. The van der Waals surface area contributed by atoms with Gasteiger partial charge in [0.25, 0.3) is 0 Å². The fourth-order valence-corrected chi connectivity index (χ4v) is 3.90. The Morgan fingerprint density at radius 3 is 2.94 bits per heavy atom. The van der Waals surface area contributed by atoms with Gasteiger partial charge < -0.3 is 0 Å². The van der Waals surface area contributed by atoms with E-state index in [1.165, 1.54) is 12.1 Å². The highest BCUT2D eigenvalue weighted by Crippen LogP contribution is 2.20. The van der Waals surface area contributed by atoms with Gasteiger partial charge in [0.2, 0.25) is 10.0 Å². The molecule has 0 saturated heterocycles. The highest BCUT2D eigenvalue weighted by atomic mass is 32.2. The lowest BCUT2D eigenvalue weighted by Crippen LogP contribution is -2.25. The molecule has 92 valence electrons. The van der Waals surface area contributed by atoms with E-state index in [0.717, 1.165) is 17.1 Å². The van der Waals surface area contributed by atoms with E-state index in [1.54, 1.807) is 17.8 Å². The Hall–Kier alpha value is -0.810. The summed E-state index contributed by atoms with van der Waals surface area (Å²) in [5.41, 5.74) is 0. The molecule has 1 rings (SSSR count). The van der Waals surface area contributed by atoms with Gasteiger partial charge in [-0.2, -0.15) is 17.0 Å². The van der Waals surface area contributed by atoms with Crippen molar-refractivity contribution in [3.63, 3.8) is 0 Å². The molecule has 0 aliphatic rings. The van der Waals surface area contributed by atoms with Crippen LogP contribution in [0.3, 0.4) is 0 Å². The SMILES string of the molecule is C=CCSCCNS(=O)(=O)c1ccc(C#N)s1. The summed E-state index contributed by atoms with van der Waals surface area (Å²) in [6.45, 7) is 3.95. The summed E-state index contributed by atoms with van der Waals surface area (Å²) in [4.78, 5) is 0.395. The second kappa shape index (κ2) is 6.81. The van der Waals surface area contributed by atoms with E-state index >= 15 is 0 Å². The third kappa shape index (κ3) is 4.52. The van der Waals surface area contributed by atoms with Gasteiger partial charge >= 0.3 is 0 Å². The number of thioether (sulfide) groups is 1. The average Bonchev–Trinajstić information content (AvgIpc) is 2.78. The molecule has 1 heterocycles. The Labute approximate surface area is 109 Å². The third-order valence-corrected chi connectivity index (χ3v) is 5.64. The number of nitriles is 1. The Morgan fingerprint density at radius 2 is 2.35 bits per heavy atom. The Bertz CT molecular complexity index is 514. The normalized spacial score (nSPS) is 11.0. The molecule has 7 heteroatoms. The van der Waals surface area contributed by atoms with Crippen LogP contribution in [0.2, 0.25) is 0 Å². The topological polar surface area (TPSA) is 70.0 Å². The largest absolute Gasteiger partial charge is 0.250 e. The lowest BCUT2D eigenvalue weighted by molar-refractivity contribution is 0.586. The molecule has 1 N–H and O–H groups in total. The highest BCUT2D eigenvalue weighted by molar-refractivity contribution is 7.99. The summed E-state index contributed by atoms with van der Waals surface area (Å²) in [5, 5.41) is 8.62. The first kappa shape index (κ1) is 14.3. The first-order valence-electron chi connectivity index (χ1n) is 4.78. The standard InChI is InChI=1S/C10H12N2O2S3/c1-2-6-15-7-5-12-17(13,14)10-4-3-9(8-11)16-10/h2-4,12H,1,5-7H2. The monoisotopic (exact) mass is 288 g/mol. The van der Waals surface area contributed by atoms with E-state index in [0.29, 0.717) is 17.2 Å². The molecule has 17 heavy (non-hydrogen) atoms. The van der Waals surface area contributed by atoms with Gasteiger partial charge in [-0.25, -0.2) is 13.1 Å². The van der Waals surface area contributed by atoms with Crippen molar-refractivity contribution in [3.8, 4) is 6.07 Å². The zero-order valence-electron chi connectivity index (χ0n) is 9.05. The van der Waals surface area contributed by atoms with E-state index in [4.69, 9.17) is 5.26 Å². The van der Waals surface area contributed by atoms with Crippen molar-refractivity contribution in [3.05, 3.63) is 29.7 Å². The van der Waals surface area contributed by atoms with Crippen LogP contribution in [0.15, 0.2) is 29.0 Å². The number of sulfonamides is 1. The molecule has 0 spiro atoms. The predicted molar refractivity (Wildman–Crippen MR) is 71.7 cm³/mol. The van der Waals surface area contributed by atoms with Crippen molar-refractivity contribution >= 4 is 33.1 Å². The van der Waals surface area contributed by atoms with Crippen LogP contribution in [-0.4, -0.2) is 26.5 Å². The van der Waals surface area contributed by atoms with E-state index in [-0.39, 0.29) is 4.21 Å². The van der Waals surface area contributed by atoms with Crippen molar-refractivity contribution in [1.82, 2.24) is 4.72 Å². The zero-order valence-corrected chi connectivity index (χ0v) is 11.5. The van der Waals surface area contributed by atoms with Gasteiger partial charge in [0, 0.05) is 18.1 Å². The molecule has 0 fully saturated rings. The Morgan fingerprint density at radius 1 is 1.59 bits per heavy atom. The molecule has 0 atom stereocenters. The number of hydrogen-bond donors (Lipinski definition) is 1. The maximum absolute atomic E-state index is 11.8. The van der Waals surface area contributed by atoms with Crippen molar-refractivity contribution in [2.45, 2.75) is 4.21 Å². The maximum atomic E-state index is 11.8. The van der Waals surface area contributed by atoms with Gasteiger partial charge in [0.05, 0.1) is 0 Å². The van der Waals surface area contributed by atoms with Gasteiger partial charge in [0.1, 0.15) is 15.2 Å². The number of rotatable bonds is 7. The quantitative estimate of drug-likeness (QED) is 0.614. The van der Waals surface area contributed by atoms with Gasteiger partial charge in [0.15, 0.2) is 0 Å². The minimum atomic E-state index is -3.46. The van der Waals surface area contributed by atoms with Crippen LogP contribution < -0.4 is 4.72 Å². The fourth-order valence-electron chi connectivity index (χ4n) is 1.01. The number of thiophene rings is 1. The molecule has 0 saturated carbocycles. The molecular formula is C10H12N2O2S3. The summed E-state index contributed by atoms with van der Waals surface area (Å²) in [6.07, 6.45) is 1.78. The Kier molecular flexibility index (Phi) is 5.71. The lowest BCUT2D eigenvalue weighted by Gasteiger charge is -2.03. The second-order valence-corrected chi connectivity index (χ2v) is 7.22. The first-order valence-corrected chi connectivity index (χ1v) is 8.24. The molecule has 0 unspecified atom stereocenters. The molecule has 1 aromatic heterocycles. The number of nitrogens with zero attached hydrogens (tertiary/aromatic N) is 1. The summed E-state index contributed by atoms with van der Waals surface area (Å²) < 4.78 is 26.2. The van der Waals surface area contributed by atoms with E-state index in [9.17, 15) is 8.42 Å². The maximum Gasteiger partial charge on any atom is 0.250 e. The Balaban J connectivity index is 2.51. The summed E-state index contributed by atoms with van der Waals surface area (Å²) in [7, 11) is -3.46. The van der Waals surface area contributed by atoms with E-state index < -0.39 is 10.0 Å². The lowest BCUT2D eigenvalue weighted by atomic mass is 10.5. The van der Waals surface area contributed by atoms with Crippen molar-refractivity contribution in [2.24, 2.45) is 0 Å². The van der Waals surface area contributed by atoms with Crippen molar-refractivity contribution in [2.75, 3.05) is 18.1 Å². The van der Waals surface area contributed by atoms with Gasteiger partial charge in [-0.05, 0) is 12.1 Å². The predicted octanol–water partition coefficient (Wildman–Crippen LogP) is 1.82. The van der Waals surface area contributed by atoms with Gasteiger partial charge in [-0.15, -0.1) is 17.9 Å². The van der Waals surface area contributed by atoms with Crippen LogP contribution in [0.5, 0.6) is 0 Å². The van der Waals surface area contributed by atoms with Crippen LogP contribution in [0.1, 0.15) is 4.88 Å². The van der Waals surface area contributed by atoms with Crippen LogP contribution in [-0.2, 0) is 10.0 Å². The molecule has 0 aliphatic heterocycles. The first-order chi connectivity index (χ1) is 8.10. The molecular weight excluding hydrogens is 276 g/mol. The third-order valence-electron chi connectivity index (χ3n) is 1.73.